The highest BCUT2D eigenvalue weighted by Crippen LogP contribution is 2.25. The number of ether oxygens (including phenoxy) is 1. The van der Waals surface area contributed by atoms with Gasteiger partial charge in [-0.1, -0.05) is 11.6 Å². The molecule has 0 saturated carbocycles. The molecule has 1 heterocycles. The van der Waals surface area contributed by atoms with Gasteiger partial charge in [0, 0.05) is 17.2 Å². The monoisotopic (exact) mass is 285 g/mol. The van der Waals surface area contributed by atoms with Crippen molar-refractivity contribution in [3.63, 3.8) is 0 Å². The Kier molecular flexibility index (Phi) is 3.45. The first-order chi connectivity index (χ1) is 8.39. The molecular formula is C12H12ClNO3S. The average Bonchev–Trinajstić information content (AvgIpc) is 2.27. The topological polar surface area (TPSA) is 56.3 Å². The second-order valence-electron chi connectivity index (χ2n) is 4.07. The molecule has 0 radical (unpaired) electrons. The number of benzene rings is 1. The summed E-state index contributed by atoms with van der Waals surface area (Å²) in [5, 5.41) is 1.02. The molecule has 1 aromatic heterocycles. The van der Waals surface area contributed by atoms with Crippen LogP contribution in [0.25, 0.3) is 10.9 Å². The molecule has 0 aliphatic carbocycles. The van der Waals surface area contributed by atoms with E-state index in [9.17, 15) is 8.42 Å². The summed E-state index contributed by atoms with van der Waals surface area (Å²) in [5.41, 5.74) is 1.21. The standard InChI is InChI=1S/C12H12ClNO3S/c1-17-10-3-4-11-8(6-10)5-9(12(13)14-11)7-18(2,15)16/h3-6H,7H2,1-2H3. The molecule has 0 aliphatic rings. The minimum Gasteiger partial charge on any atom is -0.497 e. The minimum atomic E-state index is -3.14. The van der Waals surface area contributed by atoms with E-state index in [1.54, 1.807) is 31.4 Å². The summed E-state index contributed by atoms with van der Waals surface area (Å²) in [6.45, 7) is 0. The van der Waals surface area contributed by atoms with Crippen molar-refractivity contribution in [1.29, 1.82) is 0 Å². The van der Waals surface area contributed by atoms with E-state index >= 15 is 0 Å². The van der Waals surface area contributed by atoms with E-state index in [1.165, 1.54) is 6.26 Å². The van der Waals surface area contributed by atoms with Crippen molar-refractivity contribution >= 4 is 32.3 Å². The zero-order chi connectivity index (χ0) is 13.3. The zero-order valence-electron chi connectivity index (χ0n) is 9.97. The molecule has 0 atom stereocenters. The molecule has 6 heteroatoms. The number of methoxy groups -OCH3 is 1. The molecule has 0 unspecified atom stereocenters. The largest absolute Gasteiger partial charge is 0.497 e. The van der Waals surface area contributed by atoms with Crippen LogP contribution in [0.1, 0.15) is 5.56 Å². The average molecular weight is 286 g/mol. The second kappa shape index (κ2) is 4.74. The molecule has 0 amide bonds. The number of hydrogen-bond donors (Lipinski definition) is 0. The van der Waals surface area contributed by atoms with Gasteiger partial charge in [-0.05, 0) is 24.3 Å². The minimum absolute atomic E-state index is 0.119. The summed E-state index contributed by atoms with van der Waals surface area (Å²) in [5.74, 6) is 0.573. The molecular weight excluding hydrogens is 274 g/mol. The molecule has 96 valence electrons. The van der Waals surface area contributed by atoms with Crippen LogP contribution in [0, 0.1) is 0 Å². The third-order valence-corrected chi connectivity index (χ3v) is 3.63. The second-order valence-corrected chi connectivity index (χ2v) is 6.57. The maximum atomic E-state index is 11.3. The molecule has 2 rings (SSSR count). The molecule has 1 aromatic carbocycles. The fourth-order valence-corrected chi connectivity index (χ4v) is 2.76. The van der Waals surface area contributed by atoms with E-state index in [4.69, 9.17) is 16.3 Å². The molecule has 0 fully saturated rings. The van der Waals surface area contributed by atoms with Crippen LogP contribution in [0.3, 0.4) is 0 Å². The van der Waals surface area contributed by atoms with Crippen LogP contribution in [-0.2, 0) is 15.6 Å². The Labute approximate surface area is 110 Å². The Morgan fingerprint density at radius 2 is 2.06 bits per heavy atom. The van der Waals surface area contributed by atoms with Crippen molar-refractivity contribution in [3.8, 4) is 5.75 Å². The fraction of sp³-hybridized carbons (Fsp3) is 0.250. The first kappa shape index (κ1) is 13.1. The van der Waals surface area contributed by atoms with Crippen LogP contribution in [0.15, 0.2) is 24.3 Å². The maximum absolute atomic E-state index is 11.3. The highest BCUT2D eigenvalue weighted by Gasteiger charge is 2.11. The van der Waals surface area contributed by atoms with Gasteiger partial charge in [-0.15, -0.1) is 0 Å². The third kappa shape index (κ3) is 2.91. The summed E-state index contributed by atoms with van der Waals surface area (Å²) in [6.07, 6.45) is 1.17. The molecule has 2 aromatic rings. The smallest absolute Gasteiger partial charge is 0.151 e. The van der Waals surface area contributed by atoms with E-state index in [1.807, 2.05) is 0 Å². The molecule has 0 saturated heterocycles. The van der Waals surface area contributed by atoms with Gasteiger partial charge in [0.05, 0.1) is 18.4 Å². The lowest BCUT2D eigenvalue weighted by Crippen LogP contribution is -2.02. The van der Waals surface area contributed by atoms with Gasteiger partial charge in [0.2, 0.25) is 0 Å². The Morgan fingerprint density at radius 1 is 1.33 bits per heavy atom. The van der Waals surface area contributed by atoms with Gasteiger partial charge < -0.3 is 4.74 Å². The van der Waals surface area contributed by atoms with Crippen LogP contribution in [0.4, 0.5) is 0 Å². The summed E-state index contributed by atoms with van der Waals surface area (Å²) in [6, 6.07) is 7.09. The number of sulfone groups is 1. The van der Waals surface area contributed by atoms with Crippen LogP contribution in [-0.4, -0.2) is 26.8 Å². The van der Waals surface area contributed by atoms with Crippen LogP contribution >= 0.6 is 11.6 Å². The van der Waals surface area contributed by atoms with Gasteiger partial charge in [0.25, 0.3) is 0 Å². The number of rotatable bonds is 3. The third-order valence-electron chi connectivity index (χ3n) is 2.47. The molecule has 0 aliphatic heterocycles. The molecule has 0 bridgehead atoms. The van der Waals surface area contributed by atoms with E-state index in [0.29, 0.717) is 16.8 Å². The molecule has 4 nitrogen and oxygen atoms in total. The molecule has 0 spiro atoms. The van der Waals surface area contributed by atoms with Crippen LogP contribution in [0.2, 0.25) is 5.15 Å². The lowest BCUT2D eigenvalue weighted by Gasteiger charge is -2.06. The first-order valence-electron chi connectivity index (χ1n) is 5.20. The van der Waals surface area contributed by atoms with Gasteiger partial charge in [0.1, 0.15) is 10.9 Å². The molecule has 0 N–H and O–H groups in total. The van der Waals surface area contributed by atoms with Crippen molar-refractivity contribution in [2.45, 2.75) is 5.75 Å². The van der Waals surface area contributed by atoms with E-state index < -0.39 is 9.84 Å². The highest BCUT2D eigenvalue weighted by atomic mass is 35.5. The number of pyridine rings is 1. The quantitative estimate of drug-likeness (QED) is 0.813. The summed E-state index contributed by atoms with van der Waals surface area (Å²) < 4.78 is 27.7. The van der Waals surface area contributed by atoms with E-state index in [2.05, 4.69) is 4.98 Å². The normalized spacial score (nSPS) is 11.7. The van der Waals surface area contributed by atoms with Crippen molar-refractivity contribution in [2.75, 3.05) is 13.4 Å². The van der Waals surface area contributed by atoms with Crippen LogP contribution < -0.4 is 4.74 Å². The summed E-state index contributed by atoms with van der Waals surface area (Å²) in [7, 11) is -1.57. The predicted octanol–water partition coefficient (Wildman–Crippen LogP) is 2.44. The fourth-order valence-electron chi connectivity index (χ4n) is 1.69. The Hall–Kier alpha value is -1.33. The predicted molar refractivity (Wildman–Crippen MR) is 71.9 cm³/mol. The lowest BCUT2D eigenvalue weighted by molar-refractivity contribution is 0.415. The van der Waals surface area contributed by atoms with Gasteiger partial charge in [-0.25, -0.2) is 13.4 Å². The number of aromatic nitrogens is 1. The van der Waals surface area contributed by atoms with Crippen molar-refractivity contribution in [3.05, 3.63) is 35.0 Å². The summed E-state index contributed by atoms with van der Waals surface area (Å²) >= 11 is 5.98. The lowest BCUT2D eigenvalue weighted by atomic mass is 10.1. The van der Waals surface area contributed by atoms with Gasteiger partial charge in [-0.2, -0.15) is 0 Å². The van der Waals surface area contributed by atoms with Crippen LogP contribution in [0.5, 0.6) is 5.75 Å². The van der Waals surface area contributed by atoms with Crippen molar-refractivity contribution in [2.24, 2.45) is 0 Å². The highest BCUT2D eigenvalue weighted by molar-refractivity contribution is 7.89. The van der Waals surface area contributed by atoms with E-state index in [-0.39, 0.29) is 10.9 Å². The van der Waals surface area contributed by atoms with Gasteiger partial charge in [-0.3, -0.25) is 0 Å². The zero-order valence-corrected chi connectivity index (χ0v) is 11.5. The van der Waals surface area contributed by atoms with E-state index in [0.717, 1.165) is 5.39 Å². The number of halogens is 1. The maximum Gasteiger partial charge on any atom is 0.151 e. The number of nitrogens with zero attached hydrogens (tertiary/aromatic N) is 1. The van der Waals surface area contributed by atoms with Crippen molar-refractivity contribution in [1.82, 2.24) is 4.98 Å². The Morgan fingerprint density at radius 3 is 2.67 bits per heavy atom. The number of fused-ring (bicyclic) bond motifs is 1. The summed E-state index contributed by atoms with van der Waals surface area (Å²) in [4.78, 5) is 4.18. The Bertz CT molecular complexity index is 698. The van der Waals surface area contributed by atoms with Gasteiger partial charge >= 0.3 is 0 Å². The first-order valence-corrected chi connectivity index (χ1v) is 7.64. The van der Waals surface area contributed by atoms with Gasteiger partial charge in [0.15, 0.2) is 9.84 Å². The Balaban J connectivity index is 2.58. The SMILES string of the molecule is COc1ccc2nc(Cl)c(CS(C)(=O)=O)cc2c1. The molecule has 18 heavy (non-hydrogen) atoms. The number of hydrogen-bond acceptors (Lipinski definition) is 4. The van der Waals surface area contributed by atoms with Crippen molar-refractivity contribution < 1.29 is 13.2 Å².